The first kappa shape index (κ1) is 14.6. The van der Waals surface area contributed by atoms with Crippen molar-refractivity contribution in [1.29, 1.82) is 0 Å². The van der Waals surface area contributed by atoms with Crippen LogP contribution in [0.15, 0.2) is 0 Å². The Morgan fingerprint density at radius 1 is 1.11 bits per heavy atom. The van der Waals surface area contributed by atoms with Gasteiger partial charge >= 0.3 is 0 Å². The molecule has 0 aromatic rings. The van der Waals surface area contributed by atoms with Crippen LogP contribution in [0.5, 0.6) is 0 Å². The molecule has 3 fully saturated rings. The highest BCUT2D eigenvalue weighted by atomic mass is 32.2. The molecule has 0 bridgehead atoms. The van der Waals surface area contributed by atoms with Crippen molar-refractivity contribution in [1.82, 2.24) is 10.2 Å². The number of piperazine rings is 1. The Bertz CT molecular complexity index is 263. The van der Waals surface area contributed by atoms with Gasteiger partial charge in [0, 0.05) is 54.7 Å². The van der Waals surface area contributed by atoms with E-state index in [1.54, 1.807) is 0 Å². The summed E-state index contributed by atoms with van der Waals surface area (Å²) < 4.78 is 0. The molecular weight excluding hydrogens is 272 g/mol. The highest BCUT2D eigenvalue weighted by Gasteiger charge is 2.29. The van der Waals surface area contributed by atoms with Crippen molar-refractivity contribution < 1.29 is 0 Å². The zero-order valence-corrected chi connectivity index (χ0v) is 13.6. The summed E-state index contributed by atoms with van der Waals surface area (Å²) in [7, 11) is 0. The Kier molecular flexibility index (Phi) is 5.80. The van der Waals surface area contributed by atoms with E-state index in [1.165, 1.54) is 75.5 Å². The van der Waals surface area contributed by atoms with Gasteiger partial charge in [-0.25, -0.2) is 0 Å². The van der Waals surface area contributed by atoms with Gasteiger partial charge in [0.25, 0.3) is 0 Å². The molecule has 110 valence electrons. The summed E-state index contributed by atoms with van der Waals surface area (Å²) in [6.45, 7) is 5.13. The summed E-state index contributed by atoms with van der Waals surface area (Å²) >= 11 is 4.37. The lowest BCUT2D eigenvalue weighted by atomic mass is 9.83. The van der Waals surface area contributed by atoms with Gasteiger partial charge in [0.05, 0.1) is 0 Å². The molecule has 2 atom stereocenters. The van der Waals surface area contributed by atoms with Gasteiger partial charge in [-0.05, 0) is 18.8 Å². The van der Waals surface area contributed by atoms with Crippen LogP contribution < -0.4 is 5.32 Å². The first-order chi connectivity index (χ1) is 9.42. The molecule has 2 unspecified atom stereocenters. The minimum atomic E-state index is 0.787. The fourth-order valence-corrected chi connectivity index (χ4v) is 6.50. The number of rotatable bonds is 3. The van der Waals surface area contributed by atoms with Crippen LogP contribution in [0.3, 0.4) is 0 Å². The monoisotopic (exact) mass is 300 g/mol. The van der Waals surface area contributed by atoms with Gasteiger partial charge in [-0.2, -0.15) is 23.5 Å². The Morgan fingerprint density at radius 3 is 2.79 bits per heavy atom. The van der Waals surface area contributed by atoms with Crippen LogP contribution in [-0.4, -0.2) is 59.6 Å². The highest BCUT2D eigenvalue weighted by molar-refractivity contribution is 8.06. The third kappa shape index (κ3) is 4.29. The highest BCUT2D eigenvalue weighted by Crippen LogP contribution is 2.29. The third-order valence-corrected chi connectivity index (χ3v) is 7.68. The van der Waals surface area contributed by atoms with E-state index in [2.05, 4.69) is 33.7 Å². The summed E-state index contributed by atoms with van der Waals surface area (Å²) in [5, 5.41) is 4.69. The smallest absolute Gasteiger partial charge is 0.0265 e. The molecule has 3 rings (SSSR count). The number of nitrogens with zero attached hydrogens (tertiary/aromatic N) is 1. The molecule has 4 heteroatoms. The fourth-order valence-electron chi connectivity index (χ4n) is 3.79. The second kappa shape index (κ2) is 7.58. The van der Waals surface area contributed by atoms with Crippen molar-refractivity contribution in [2.75, 3.05) is 43.4 Å². The molecular formula is C15H28N2S2. The molecule has 2 saturated heterocycles. The van der Waals surface area contributed by atoms with E-state index in [9.17, 15) is 0 Å². The second-order valence-electron chi connectivity index (χ2n) is 6.29. The average Bonchev–Trinajstić information content (AvgIpc) is 2.49. The van der Waals surface area contributed by atoms with E-state index in [1.807, 2.05) is 0 Å². The Morgan fingerprint density at radius 2 is 2.00 bits per heavy atom. The zero-order valence-electron chi connectivity index (χ0n) is 12.0. The first-order valence-corrected chi connectivity index (χ1v) is 10.3. The lowest BCUT2D eigenvalue weighted by Gasteiger charge is -2.40. The number of hydrogen-bond acceptors (Lipinski definition) is 4. The van der Waals surface area contributed by atoms with E-state index >= 15 is 0 Å². The van der Waals surface area contributed by atoms with Gasteiger partial charge in [0.1, 0.15) is 0 Å². The van der Waals surface area contributed by atoms with Gasteiger partial charge in [0.2, 0.25) is 0 Å². The topological polar surface area (TPSA) is 15.3 Å². The third-order valence-electron chi connectivity index (χ3n) is 4.86. The number of hydrogen-bond donors (Lipinski definition) is 1. The maximum Gasteiger partial charge on any atom is 0.0265 e. The molecule has 0 aromatic heterocycles. The molecule has 0 spiro atoms. The summed E-state index contributed by atoms with van der Waals surface area (Å²) in [5.74, 6) is 5.08. The van der Waals surface area contributed by atoms with E-state index < -0.39 is 0 Å². The average molecular weight is 301 g/mol. The van der Waals surface area contributed by atoms with Crippen LogP contribution in [0.1, 0.15) is 32.1 Å². The van der Waals surface area contributed by atoms with E-state index in [0.717, 1.165) is 17.2 Å². The van der Waals surface area contributed by atoms with E-state index in [0.29, 0.717) is 0 Å². The molecule has 2 aliphatic heterocycles. The number of nitrogens with one attached hydrogen (secondary N) is 1. The molecule has 3 aliphatic rings. The normalized spacial score (nSPS) is 35.4. The second-order valence-corrected chi connectivity index (χ2v) is 8.84. The molecule has 0 amide bonds. The van der Waals surface area contributed by atoms with Crippen molar-refractivity contribution in [3.63, 3.8) is 0 Å². The standard InChI is InChI=1S/C15H28N2S2/c1-2-4-13(5-3-1)15-11-17(7-6-16-15)10-14-12-18-8-9-19-14/h13-16H,1-12H2. The molecule has 1 saturated carbocycles. The minimum Gasteiger partial charge on any atom is -0.311 e. The van der Waals surface area contributed by atoms with Crippen LogP contribution in [0.4, 0.5) is 0 Å². The van der Waals surface area contributed by atoms with Gasteiger partial charge in [-0.1, -0.05) is 19.3 Å². The fraction of sp³-hybridized carbons (Fsp3) is 1.00. The maximum atomic E-state index is 3.80. The Hall–Kier alpha value is 0.620. The van der Waals surface area contributed by atoms with Crippen LogP contribution >= 0.6 is 23.5 Å². The first-order valence-electron chi connectivity index (χ1n) is 8.07. The van der Waals surface area contributed by atoms with Crippen LogP contribution in [-0.2, 0) is 0 Å². The quantitative estimate of drug-likeness (QED) is 0.861. The summed E-state index contributed by atoms with van der Waals surface area (Å²) in [4.78, 5) is 2.75. The van der Waals surface area contributed by atoms with Crippen molar-refractivity contribution >= 4 is 23.5 Å². The van der Waals surface area contributed by atoms with Gasteiger partial charge in [-0.15, -0.1) is 0 Å². The zero-order chi connectivity index (χ0) is 12.9. The Labute approximate surface area is 126 Å². The molecule has 0 radical (unpaired) electrons. The predicted octanol–water partition coefficient (Wildman–Crippen LogP) is 2.69. The predicted molar refractivity (Wildman–Crippen MR) is 88.4 cm³/mol. The van der Waals surface area contributed by atoms with E-state index in [-0.39, 0.29) is 0 Å². The SMILES string of the molecule is C1CCC(C2CN(CC3CSCCS3)CCN2)CC1. The van der Waals surface area contributed by atoms with Crippen molar-refractivity contribution in [3.8, 4) is 0 Å². The summed E-state index contributed by atoms with van der Waals surface area (Å²) in [6.07, 6.45) is 7.36. The van der Waals surface area contributed by atoms with Crippen molar-refractivity contribution in [3.05, 3.63) is 0 Å². The van der Waals surface area contributed by atoms with Gasteiger partial charge in [0.15, 0.2) is 0 Å². The number of thioether (sulfide) groups is 2. The van der Waals surface area contributed by atoms with Gasteiger partial charge in [-0.3, -0.25) is 4.90 Å². The molecule has 2 heterocycles. The lowest BCUT2D eigenvalue weighted by Crippen LogP contribution is -2.55. The van der Waals surface area contributed by atoms with Crippen molar-refractivity contribution in [2.45, 2.75) is 43.4 Å². The largest absolute Gasteiger partial charge is 0.311 e. The van der Waals surface area contributed by atoms with Crippen molar-refractivity contribution in [2.24, 2.45) is 5.92 Å². The van der Waals surface area contributed by atoms with Crippen LogP contribution in [0, 0.1) is 5.92 Å². The minimum absolute atomic E-state index is 0.787. The molecule has 19 heavy (non-hydrogen) atoms. The Balaban J connectivity index is 1.46. The summed E-state index contributed by atoms with van der Waals surface area (Å²) in [6, 6.07) is 0.787. The maximum absolute atomic E-state index is 3.80. The molecule has 1 N–H and O–H groups in total. The summed E-state index contributed by atoms with van der Waals surface area (Å²) in [5.41, 5.74) is 0. The molecule has 1 aliphatic carbocycles. The lowest BCUT2D eigenvalue weighted by molar-refractivity contribution is 0.148. The molecule has 2 nitrogen and oxygen atoms in total. The van der Waals surface area contributed by atoms with E-state index in [4.69, 9.17) is 0 Å². The van der Waals surface area contributed by atoms with Crippen LogP contribution in [0.2, 0.25) is 0 Å². The molecule has 0 aromatic carbocycles. The van der Waals surface area contributed by atoms with Crippen LogP contribution in [0.25, 0.3) is 0 Å². The van der Waals surface area contributed by atoms with Gasteiger partial charge < -0.3 is 5.32 Å².